The summed E-state index contributed by atoms with van der Waals surface area (Å²) in [5.41, 5.74) is 2.09. The Hall–Kier alpha value is -3.78. The minimum Gasteiger partial charge on any atom is -0.492 e. The molecule has 3 aromatic carbocycles. The van der Waals surface area contributed by atoms with E-state index < -0.39 is 0 Å². The first-order chi connectivity index (χ1) is 17.0. The van der Waals surface area contributed by atoms with Crippen LogP contribution in [-0.2, 0) is 11.3 Å². The van der Waals surface area contributed by atoms with Crippen LogP contribution in [0.5, 0.6) is 5.75 Å². The van der Waals surface area contributed by atoms with Gasteiger partial charge in [0.1, 0.15) is 11.6 Å². The molecule has 8 heteroatoms. The summed E-state index contributed by atoms with van der Waals surface area (Å²) in [7, 11) is 0. The van der Waals surface area contributed by atoms with Crippen LogP contribution in [0.1, 0.15) is 17.3 Å². The third-order valence-electron chi connectivity index (χ3n) is 5.32. The fourth-order valence-electron chi connectivity index (χ4n) is 3.69. The second-order valence-electron chi connectivity index (χ2n) is 7.73. The molecule has 180 valence electrons. The van der Waals surface area contributed by atoms with Crippen LogP contribution in [0.15, 0.2) is 83.9 Å². The van der Waals surface area contributed by atoms with Gasteiger partial charge in [0.15, 0.2) is 0 Å². The molecule has 2 amide bonds. The summed E-state index contributed by atoms with van der Waals surface area (Å²) >= 11 is 1.46. The number of hydrogen-bond acceptors (Lipinski definition) is 4. The predicted octanol–water partition coefficient (Wildman–Crippen LogP) is 5.34. The summed E-state index contributed by atoms with van der Waals surface area (Å²) in [6, 6.07) is 20.8. The molecule has 0 saturated carbocycles. The molecule has 0 saturated heterocycles. The fraction of sp³-hybridized carbons (Fsp3) is 0.185. The number of thioether (sulfide) groups is 1. The SMILES string of the molecule is CCOc1ccccc1NC(=O)CSc1cn(CCNC(=O)c2ccc(F)cc2)c2ccccc12. The lowest BCUT2D eigenvalue weighted by atomic mass is 10.2. The highest BCUT2D eigenvalue weighted by Crippen LogP contribution is 2.30. The fourth-order valence-corrected chi connectivity index (χ4v) is 4.58. The molecule has 4 rings (SSSR count). The van der Waals surface area contributed by atoms with Crippen molar-refractivity contribution in [3.63, 3.8) is 0 Å². The third-order valence-corrected chi connectivity index (χ3v) is 6.36. The molecule has 1 heterocycles. The number of fused-ring (bicyclic) bond motifs is 1. The molecule has 0 radical (unpaired) electrons. The monoisotopic (exact) mass is 491 g/mol. The molecule has 0 spiro atoms. The molecule has 0 aliphatic rings. The van der Waals surface area contributed by atoms with Crippen molar-refractivity contribution in [2.45, 2.75) is 18.4 Å². The summed E-state index contributed by atoms with van der Waals surface area (Å²) in [5.74, 6) is 0.145. The van der Waals surface area contributed by atoms with Crippen molar-refractivity contribution >= 4 is 40.2 Å². The molecule has 0 bridgehead atoms. The number of nitrogens with one attached hydrogen (secondary N) is 2. The minimum atomic E-state index is -0.377. The first kappa shape index (κ1) is 24.3. The van der Waals surface area contributed by atoms with E-state index in [-0.39, 0.29) is 23.4 Å². The topological polar surface area (TPSA) is 72.4 Å². The maximum Gasteiger partial charge on any atom is 0.251 e. The molecule has 35 heavy (non-hydrogen) atoms. The highest BCUT2D eigenvalue weighted by molar-refractivity contribution is 8.00. The van der Waals surface area contributed by atoms with Crippen LogP contribution in [0, 0.1) is 5.82 Å². The van der Waals surface area contributed by atoms with Crippen LogP contribution in [0.4, 0.5) is 10.1 Å². The number of nitrogens with zero attached hydrogens (tertiary/aromatic N) is 1. The molecule has 0 fully saturated rings. The van der Waals surface area contributed by atoms with Crippen LogP contribution in [0.3, 0.4) is 0 Å². The first-order valence-electron chi connectivity index (χ1n) is 11.3. The number of rotatable bonds is 10. The van der Waals surface area contributed by atoms with Crippen LogP contribution in [0.2, 0.25) is 0 Å². The number of carbonyl (C=O) groups excluding carboxylic acids is 2. The van der Waals surface area contributed by atoms with Crippen molar-refractivity contribution < 1.29 is 18.7 Å². The number of carbonyl (C=O) groups is 2. The van der Waals surface area contributed by atoms with E-state index >= 15 is 0 Å². The summed E-state index contributed by atoms with van der Waals surface area (Å²) in [4.78, 5) is 25.9. The summed E-state index contributed by atoms with van der Waals surface area (Å²) < 4.78 is 20.7. The van der Waals surface area contributed by atoms with Gasteiger partial charge >= 0.3 is 0 Å². The number of ether oxygens (including phenoxy) is 1. The van der Waals surface area contributed by atoms with Crippen LogP contribution < -0.4 is 15.4 Å². The van der Waals surface area contributed by atoms with E-state index in [9.17, 15) is 14.0 Å². The van der Waals surface area contributed by atoms with Crippen molar-refractivity contribution in [2.75, 3.05) is 24.2 Å². The van der Waals surface area contributed by atoms with Crippen molar-refractivity contribution in [2.24, 2.45) is 0 Å². The lowest BCUT2D eigenvalue weighted by Crippen LogP contribution is -2.27. The minimum absolute atomic E-state index is 0.120. The number of amides is 2. The number of halogens is 1. The Morgan fingerprint density at radius 2 is 1.74 bits per heavy atom. The van der Waals surface area contributed by atoms with Gasteiger partial charge in [-0.05, 0) is 49.4 Å². The van der Waals surface area contributed by atoms with Crippen molar-refractivity contribution in [3.05, 3.63) is 90.4 Å². The van der Waals surface area contributed by atoms with Gasteiger partial charge in [-0.2, -0.15) is 0 Å². The van der Waals surface area contributed by atoms with E-state index in [1.54, 1.807) is 0 Å². The van der Waals surface area contributed by atoms with Gasteiger partial charge in [-0.3, -0.25) is 9.59 Å². The highest BCUT2D eigenvalue weighted by atomic mass is 32.2. The van der Waals surface area contributed by atoms with E-state index in [0.717, 1.165) is 15.8 Å². The Kier molecular flexibility index (Phi) is 8.05. The number of hydrogen-bond donors (Lipinski definition) is 2. The first-order valence-corrected chi connectivity index (χ1v) is 12.3. The molecular formula is C27H26FN3O3S. The molecule has 6 nitrogen and oxygen atoms in total. The van der Waals surface area contributed by atoms with E-state index in [4.69, 9.17) is 4.74 Å². The molecule has 1 aromatic heterocycles. The number of anilines is 1. The smallest absolute Gasteiger partial charge is 0.251 e. The van der Waals surface area contributed by atoms with Crippen molar-refractivity contribution in [1.29, 1.82) is 0 Å². The standard InChI is InChI=1S/C27H26FN3O3S/c1-2-34-24-10-6-4-8-22(24)30-26(32)18-35-25-17-31(23-9-5-3-7-21(23)25)16-15-29-27(33)19-11-13-20(28)14-12-19/h3-14,17H,2,15-16,18H2,1H3,(H,29,33)(H,30,32). The summed E-state index contributed by atoms with van der Waals surface area (Å²) in [5, 5.41) is 6.84. The molecular weight excluding hydrogens is 465 g/mol. The summed E-state index contributed by atoms with van der Waals surface area (Å²) in [6.07, 6.45) is 2.00. The van der Waals surface area contributed by atoms with Gasteiger partial charge in [0.25, 0.3) is 5.91 Å². The molecule has 2 N–H and O–H groups in total. The zero-order valence-corrected chi connectivity index (χ0v) is 20.1. The molecule has 0 aliphatic carbocycles. The number of aromatic nitrogens is 1. The number of benzene rings is 3. The molecule has 4 aromatic rings. The van der Waals surface area contributed by atoms with Crippen molar-refractivity contribution in [1.82, 2.24) is 9.88 Å². The molecule has 0 unspecified atom stereocenters. The Morgan fingerprint density at radius 1 is 1.00 bits per heavy atom. The lowest BCUT2D eigenvalue weighted by molar-refractivity contribution is -0.113. The quantitative estimate of drug-likeness (QED) is 0.294. The van der Waals surface area contributed by atoms with Gasteiger partial charge in [-0.15, -0.1) is 11.8 Å². The molecule has 0 atom stereocenters. The second kappa shape index (κ2) is 11.6. The lowest BCUT2D eigenvalue weighted by Gasteiger charge is -2.11. The van der Waals surface area contributed by atoms with Crippen LogP contribution >= 0.6 is 11.8 Å². The summed E-state index contributed by atoms with van der Waals surface area (Å²) in [6.45, 7) is 3.39. The molecule has 0 aliphatic heterocycles. The average Bonchev–Trinajstić information content (AvgIpc) is 3.22. The predicted molar refractivity (Wildman–Crippen MR) is 138 cm³/mol. The Labute approximate surface area is 207 Å². The maximum atomic E-state index is 13.1. The van der Waals surface area contributed by atoms with Gasteiger partial charge in [0.05, 0.1) is 18.0 Å². The average molecular weight is 492 g/mol. The van der Waals surface area contributed by atoms with Gasteiger partial charge in [0.2, 0.25) is 5.91 Å². The van der Waals surface area contributed by atoms with Gasteiger partial charge in [-0.25, -0.2) is 4.39 Å². The zero-order chi connectivity index (χ0) is 24.6. The Balaban J connectivity index is 1.38. The normalized spacial score (nSPS) is 10.8. The van der Waals surface area contributed by atoms with E-state index in [0.29, 0.717) is 36.7 Å². The van der Waals surface area contributed by atoms with Crippen LogP contribution in [0.25, 0.3) is 10.9 Å². The third kappa shape index (κ3) is 6.22. The van der Waals surface area contributed by atoms with E-state index in [2.05, 4.69) is 15.2 Å². The van der Waals surface area contributed by atoms with E-state index in [1.807, 2.05) is 61.7 Å². The highest BCUT2D eigenvalue weighted by Gasteiger charge is 2.13. The Morgan fingerprint density at radius 3 is 2.54 bits per heavy atom. The van der Waals surface area contributed by atoms with Gasteiger partial charge in [0, 0.05) is 40.6 Å². The largest absolute Gasteiger partial charge is 0.492 e. The van der Waals surface area contributed by atoms with Crippen molar-refractivity contribution in [3.8, 4) is 5.75 Å². The maximum absolute atomic E-state index is 13.1. The number of para-hydroxylation sites is 3. The van der Waals surface area contributed by atoms with E-state index in [1.165, 1.54) is 36.0 Å². The van der Waals surface area contributed by atoms with Crippen LogP contribution in [-0.4, -0.2) is 35.3 Å². The zero-order valence-electron chi connectivity index (χ0n) is 19.3. The second-order valence-corrected chi connectivity index (χ2v) is 8.75. The van der Waals surface area contributed by atoms with Gasteiger partial charge in [-0.1, -0.05) is 30.3 Å². The Bertz CT molecular complexity index is 1320. The van der Waals surface area contributed by atoms with Gasteiger partial charge < -0.3 is 19.9 Å².